The topological polar surface area (TPSA) is 64.9 Å². The standard InChI is InChI=1S/C12H12ClN3O/c13-8-3-4-10(14)9(6-8)12-15-11(16-17-12)5-7-1-2-7/h3-4,6-7H,1-2,5,14H2. The Bertz CT molecular complexity index is 548. The van der Waals surface area contributed by atoms with E-state index in [-0.39, 0.29) is 0 Å². The maximum Gasteiger partial charge on any atom is 0.260 e. The lowest BCUT2D eigenvalue weighted by molar-refractivity contribution is 0.421. The van der Waals surface area contributed by atoms with Crippen molar-refractivity contribution in [2.45, 2.75) is 19.3 Å². The molecule has 88 valence electrons. The van der Waals surface area contributed by atoms with E-state index in [0.29, 0.717) is 22.2 Å². The van der Waals surface area contributed by atoms with Crippen LogP contribution in [0.1, 0.15) is 18.7 Å². The van der Waals surface area contributed by atoms with Crippen molar-refractivity contribution in [3.63, 3.8) is 0 Å². The van der Waals surface area contributed by atoms with E-state index in [4.69, 9.17) is 21.9 Å². The first-order chi connectivity index (χ1) is 8.22. The Labute approximate surface area is 104 Å². The number of halogens is 1. The Kier molecular flexibility index (Phi) is 2.52. The molecule has 1 aliphatic rings. The van der Waals surface area contributed by atoms with E-state index in [1.54, 1.807) is 18.2 Å². The van der Waals surface area contributed by atoms with E-state index in [1.807, 2.05) is 0 Å². The van der Waals surface area contributed by atoms with Gasteiger partial charge in [-0.2, -0.15) is 4.98 Å². The SMILES string of the molecule is Nc1ccc(Cl)cc1-c1nc(CC2CC2)no1. The third-order valence-electron chi connectivity index (χ3n) is 2.88. The highest BCUT2D eigenvalue weighted by molar-refractivity contribution is 6.31. The van der Waals surface area contributed by atoms with Gasteiger partial charge in [0.1, 0.15) is 0 Å². The molecule has 0 unspecified atom stereocenters. The van der Waals surface area contributed by atoms with E-state index in [1.165, 1.54) is 12.8 Å². The Hall–Kier alpha value is -1.55. The number of hydrogen-bond donors (Lipinski definition) is 1. The molecule has 17 heavy (non-hydrogen) atoms. The summed E-state index contributed by atoms with van der Waals surface area (Å²) in [6.45, 7) is 0. The maximum atomic E-state index is 5.92. The van der Waals surface area contributed by atoms with Gasteiger partial charge < -0.3 is 10.3 Å². The summed E-state index contributed by atoms with van der Waals surface area (Å²) >= 11 is 5.92. The molecule has 0 bridgehead atoms. The highest BCUT2D eigenvalue weighted by atomic mass is 35.5. The van der Waals surface area contributed by atoms with Crippen molar-refractivity contribution in [2.75, 3.05) is 5.73 Å². The average molecular weight is 250 g/mol. The lowest BCUT2D eigenvalue weighted by Crippen LogP contribution is -1.91. The monoisotopic (exact) mass is 249 g/mol. The Morgan fingerprint density at radius 1 is 1.41 bits per heavy atom. The molecular formula is C12H12ClN3O. The maximum absolute atomic E-state index is 5.92. The number of hydrogen-bond acceptors (Lipinski definition) is 4. The van der Waals surface area contributed by atoms with Crippen LogP contribution in [0.15, 0.2) is 22.7 Å². The fourth-order valence-corrected chi connectivity index (χ4v) is 1.91. The molecule has 1 aromatic heterocycles. The summed E-state index contributed by atoms with van der Waals surface area (Å²) in [5, 5.41) is 4.57. The summed E-state index contributed by atoms with van der Waals surface area (Å²) in [7, 11) is 0. The van der Waals surface area contributed by atoms with Gasteiger partial charge in [-0.15, -0.1) is 0 Å². The predicted octanol–water partition coefficient (Wildman–Crippen LogP) is 2.92. The summed E-state index contributed by atoms with van der Waals surface area (Å²) in [4.78, 5) is 4.35. The zero-order valence-corrected chi connectivity index (χ0v) is 9.94. The second-order valence-corrected chi connectivity index (χ2v) is 4.83. The van der Waals surface area contributed by atoms with Gasteiger partial charge in [0.05, 0.1) is 5.56 Å². The third kappa shape index (κ3) is 2.26. The van der Waals surface area contributed by atoms with Crippen molar-refractivity contribution < 1.29 is 4.52 Å². The number of anilines is 1. The largest absolute Gasteiger partial charge is 0.398 e. The van der Waals surface area contributed by atoms with Crippen molar-refractivity contribution in [3.05, 3.63) is 29.0 Å². The van der Waals surface area contributed by atoms with Crippen molar-refractivity contribution >= 4 is 17.3 Å². The van der Waals surface area contributed by atoms with Crippen LogP contribution in [-0.4, -0.2) is 10.1 Å². The molecule has 4 nitrogen and oxygen atoms in total. The summed E-state index contributed by atoms with van der Waals surface area (Å²) in [5.41, 5.74) is 7.15. The quantitative estimate of drug-likeness (QED) is 0.850. The third-order valence-corrected chi connectivity index (χ3v) is 3.12. The first-order valence-electron chi connectivity index (χ1n) is 5.60. The molecule has 0 amide bonds. The number of aromatic nitrogens is 2. The van der Waals surface area contributed by atoms with Gasteiger partial charge in [-0.1, -0.05) is 16.8 Å². The second-order valence-electron chi connectivity index (χ2n) is 4.39. The first-order valence-corrected chi connectivity index (χ1v) is 5.98. The van der Waals surface area contributed by atoms with E-state index < -0.39 is 0 Å². The molecule has 1 heterocycles. The highest BCUT2D eigenvalue weighted by Crippen LogP contribution is 2.33. The normalized spacial score (nSPS) is 15.1. The summed E-state index contributed by atoms with van der Waals surface area (Å²) in [5.74, 6) is 1.93. The molecule has 5 heteroatoms. The van der Waals surface area contributed by atoms with Gasteiger partial charge >= 0.3 is 0 Å². The van der Waals surface area contributed by atoms with Gasteiger partial charge in [0.2, 0.25) is 0 Å². The molecule has 0 aliphatic heterocycles. The Morgan fingerprint density at radius 3 is 3.00 bits per heavy atom. The van der Waals surface area contributed by atoms with Crippen molar-refractivity contribution in [2.24, 2.45) is 5.92 Å². The van der Waals surface area contributed by atoms with Crippen LogP contribution in [0.5, 0.6) is 0 Å². The number of nitrogens with two attached hydrogens (primary N) is 1. The van der Waals surface area contributed by atoms with Crippen LogP contribution in [-0.2, 0) is 6.42 Å². The summed E-state index contributed by atoms with van der Waals surface area (Å²) in [6.07, 6.45) is 3.43. The van der Waals surface area contributed by atoms with Crippen LogP contribution in [0.2, 0.25) is 5.02 Å². The molecule has 0 atom stereocenters. The molecule has 0 spiro atoms. The molecule has 1 aliphatic carbocycles. The molecule has 3 rings (SSSR count). The van der Waals surface area contributed by atoms with Gasteiger partial charge in [-0.05, 0) is 37.0 Å². The molecule has 1 saturated carbocycles. The van der Waals surface area contributed by atoms with Crippen LogP contribution in [0.25, 0.3) is 11.5 Å². The molecule has 1 fully saturated rings. The van der Waals surface area contributed by atoms with Gasteiger partial charge in [0.25, 0.3) is 5.89 Å². The van der Waals surface area contributed by atoms with Gasteiger partial charge in [0.15, 0.2) is 5.82 Å². The zero-order valence-electron chi connectivity index (χ0n) is 9.19. The molecule has 0 saturated heterocycles. The minimum atomic E-state index is 0.445. The highest BCUT2D eigenvalue weighted by Gasteiger charge is 2.24. The molecule has 2 N–H and O–H groups in total. The predicted molar refractivity (Wildman–Crippen MR) is 65.6 cm³/mol. The second kappa shape index (κ2) is 4.04. The first kappa shape index (κ1) is 10.6. The van der Waals surface area contributed by atoms with Crippen LogP contribution in [0.3, 0.4) is 0 Å². The van der Waals surface area contributed by atoms with Crippen LogP contribution < -0.4 is 5.73 Å². The van der Waals surface area contributed by atoms with Crippen LogP contribution in [0.4, 0.5) is 5.69 Å². The van der Waals surface area contributed by atoms with E-state index in [0.717, 1.165) is 18.2 Å². The van der Waals surface area contributed by atoms with Crippen molar-refractivity contribution in [3.8, 4) is 11.5 Å². The molecular weight excluding hydrogens is 238 g/mol. The number of benzene rings is 1. The summed E-state index contributed by atoms with van der Waals surface area (Å²) in [6, 6.07) is 5.22. The van der Waals surface area contributed by atoms with E-state index in [9.17, 15) is 0 Å². The molecule has 0 radical (unpaired) electrons. The zero-order chi connectivity index (χ0) is 11.8. The van der Waals surface area contributed by atoms with Crippen molar-refractivity contribution in [1.82, 2.24) is 10.1 Å². The molecule has 2 aromatic rings. The number of nitrogens with zero attached hydrogens (tertiary/aromatic N) is 2. The Morgan fingerprint density at radius 2 is 2.24 bits per heavy atom. The number of nitrogen functional groups attached to an aromatic ring is 1. The lowest BCUT2D eigenvalue weighted by Gasteiger charge is -2.00. The fraction of sp³-hybridized carbons (Fsp3) is 0.333. The summed E-state index contributed by atoms with van der Waals surface area (Å²) < 4.78 is 5.22. The van der Waals surface area contributed by atoms with E-state index >= 15 is 0 Å². The van der Waals surface area contributed by atoms with Crippen LogP contribution in [0, 0.1) is 5.92 Å². The lowest BCUT2D eigenvalue weighted by atomic mass is 10.2. The van der Waals surface area contributed by atoms with Crippen LogP contribution >= 0.6 is 11.6 Å². The number of rotatable bonds is 3. The Balaban J connectivity index is 1.91. The minimum absolute atomic E-state index is 0.445. The fourth-order valence-electron chi connectivity index (χ4n) is 1.74. The average Bonchev–Trinajstić information content (AvgIpc) is 2.99. The smallest absolute Gasteiger partial charge is 0.260 e. The van der Waals surface area contributed by atoms with Gasteiger partial charge in [-0.25, -0.2) is 0 Å². The molecule has 1 aromatic carbocycles. The van der Waals surface area contributed by atoms with Gasteiger partial charge in [0, 0.05) is 17.1 Å². The van der Waals surface area contributed by atoms with Crippen molar-refractivity contribution in [1.29, 1.82) is 0 Å². The van der Waals surface area contributed by atoms with E-state index in [2.05, 4.69) is 10.1 Å². The van der Waals surface area contributed by atoms with Gasteiger partial charge in [-0.3, -0.25) is 0 Å². The minimum Gasteiger partial charge on any atom is -0.398 e.